The van der Waals surface area contributed by atoms with Crippen molar-refractivity contribution in [2.75, 3.05) is 12.0 Å². The van der Waals surface area contributed by atoms with Gasteiger partial charge in [-0.1, -0.05) is 17.7 Å². The van der Waals surface area contributed by atoms with Crippen molar-refractivity contribution >= 4 is 58.5 Å². The van der Waals surface area contributed by atoms with E-state index in [0.717, 1.165) is 12.1 Å². The molecule has 10 nitrogen and oxygen atoms in total. The molecule has 0 bridgehead atoms. The summed E-state index contributed by atoms with van der Waals surface area (Å²) in [7, 11) is 1.17. The maximum Gasteiger partial charge on any atom is 0.328 e. The topological polar surface area (TPSA) is 147 Å². The Labute approximate surface area is 259 Å². The summed E-state index contributed by atoms with van der Waals surface area (Å²) in [6.07, 6.45) is 0.482. The molecule has 6 atom stereocenters. The SMILES string of the molecule is COc1cc(O)ccc1C1C2=CCC3C(=O)N(C(N)=O)C(=O)C3C2CC2(Cl)C(=O)N(c3c(F)c(F)c(F)c(F)c3F)C(=O)C12Cl. The van der Waals surface area contributed by atoms with E-state index in [4.69, 9.17) is 33.7 Å². The van der Waals surface area contributed by atoms with E-state index >= 15 is 8.78 Å². The quantitative estimate of drug-likeness (QED) is 0.126. The molecule has 0 radical (unpaired) electrons. The van der Waals surface area contributed by atoms with Crippen LogP contribution < -0.4 is 15.4 Å². The van der Waals surface area contributed by atoms with E-state index < -0.39 is 104 Å². The zero-order valence-corrected chi connectivity index (χ0v) is 24.1. The fourth-order valence-electron chi connectivity index (χ4n) is 7.07. The van der Waals surface area contributed by atoms with Crippen molar-refractivity contribution in [2.24, 2.45) is 23.5 Å². The summed E-state index contributed by atoms with van der Waals surface area (Å²) in [6.45, 7) is 0. The van der Waals surface area contributed by atoms with Crippen LogP contribution in [0.5, 0.6) is 11.5 Å². The Bertz CT molecular complexity index is 1800. The van der Waals surface area contributed by atoms with Crippen molar-refractivity contribution in [1.82, 2.24) is 4.90 Å². The number of carbonyl (C=O) groups excluding carboxylic acids is 5. The molecule has 17 heteroatoms. The van der Waals surface area contributed by atoms with E-state index in [0.29, 0.717) is 0 Å². The molecule has 2 saturated heterocycles. The molecule has 2 aromatic rings. The third kappa shape index (κ3) is 3.70. The minimum atomic E-state index is -2.78. The number of phenolic OH excluding ortho intramolecular Hbond substituents is 1. The smallest absolute Gasteiger partial charge is 0.328 e. The van der Waals surface area contributed by atoms with Crippen molar-refractivity contribution in [2.45, 2.75) is 28.5 Å². The molecular weight excluding hydrogens is 656 g/mol. The number of likely N-dealkylation sites (tertiary alicyclic amines) is 1. The van der Waals surface area contributed by atoms with Crippen LogP contribution in [-0.2, 0) is 19.2 Å². The van der Waals surface area contributed by atoms with Gasteiger partial charge in [-0.3, -0.25) is 19.2 Å². The summed E-state index contributed by atoms with van der Waals surface area (Å²) in [5.41, 5.74) is 3.44. The van der Waals surface area contributed by atoms with Gasteiger partial charge in [0.1, 0.15) is 17.2 Å². The summed E-state index contributed by atoms with van der Waals surface area (Å²) < 4.78 is 77.9. The molecule has 0 aromatic heterocycles. The number of primary amides is 1. The highest BCUT2D eigenvalue weighted by Gasteiger charge is 2.77. The van der Waals surface area contributed by atoms with Crippen molar-refractivity contribution in [3.63, 3.8) is 0 Å². The molecular formula is C28H18Cl2F5N3O7. The predicted octanol–water partition coefficient (Wildman–Crippen LogP) is 3.74. The van der Waals surface area contributed by atoms with E-state index in [9.17, 15) is 42.3 Å². The first-order valence-corrected chi connectivity index (χ1v) is 13.8. The van der Waals surface area contributed by atoms with Gasteiger partial charge in [-0.05, 0) is 24.8 Å². The monoisotopic (exact) mass is 673 g/mol. The van der Waals surface area contributed by atoms with E-state index in [2.05, 4.69) is 0 Å². The van der Waals surface area contributed by atoms with Gasteiger partial charge in [0, 0.05) is 17.5 Å². The fourth-order valence-corrected chi connectivity index (χ4v) is 7.99. The zero-order valence-electron chi connectivity index (χ0n) is 22.5. The van der Waals surface area contributed by atoms with Gasteiger partial charge >= 0.3 is 6.03 Å². The second kappa shape index (κ2) is 9.88. The van der Waals surface area contributed by atoms with E-state index in [-0.39, 0.29) is 38.9 Å². The number of halogens is 7. The van der Waals surface area contributed by atoms with Crippen LogP contribution in [0.3, 0.4) is 0 Å². The molecule has 6 amide bonds. The molecule has 2 aliphatic heterocycles. The fraction of sp³-hybridized carbons (Fsp3) is 0.321. The van der Waals surface area contributed by atoms with Gasteiger partial charge in [-0.25, -0.2) is 31.6 Å². The average Bonchev–Trinajstić information content (AvgIpc) is 3.34. The number of aromatic hydroxyl groups is 1. The number of urea groups is 1. The van der Waals surface area contributed by atoms with Crippen molar-refractivity contribution in [1.29, 1.82) is 0 Å². The number of alkyl halides is 2. The molecule has 1 saturated carbocycles. The number of anilines is 1. The van der Waals surface area contributed by atoms with Crippen LogP contribution in [0.2, 0.25) is 0 Å². The van der Waals surface area contributed by atoms with Crippen LogP contribution in [0.1, 0.15) is 24.3 Å². The molecule has 3 N–H and O–H groups in total. The first-order valence-electron chi connectivity index (χ1n) is 13.1. The maximum atomic E-state index is 15.1. The zero-order chi connectivity index (χ0) is 33.1. The number of nitrogens with zero attached hydrogens (tertiary/aromatic N) is 2. The molecule has 4 aliphatic rings. The van der Waals surface area contributed by atoms with Gasteiger partial charge in [0.15, 0.2) is 33.0 Å². The maximum absolute atomic E-state index is 15.1. The molecule has 236 valence electrons. The predicted molar refractivity (Wildman–Crippen MR) is 143 cm³/mol. The Kier molecular flexibility index (Phi) is 6.76. The Balaban J connectivity index is 1.63. The van der Waals surface area contributed by atoms with E-state index in [1.54, 1.807) is 0 Å². The Morgan fingerprint density at radius 2 is 1.56 bits per heavy atom. The summed E-state index contributed by atoms with van der Waals surface area (Å²) in [5.74, 6) is -23.7. The number of allylic oxidation sites excluding steroid dienone is 2. The lowest BCUT2D eigenvalue weighted by Gasteiger charge is -2.50. The molecule has 6 unspecified atom stereocenters. The second-order valence-electron chi connectivity index (χ2n) is 11.0. The summed E-state index contributed by atoms with van der Waals surface area (Å²) >= 11 is 14.0. The Morgan fingerprint density at radius 1 is 0.956 bits per heavy atom. The van der Waals surface area contributed by atoms with Crippen LogP contribution in [0.25, 0.3) is 0 Å². The number of carbonyl (C=O) groups is 5. The van der Waals surface area contributed by atoms with Crippen LogP contribution in [0.4, 0.5) is 32.4 Å². The standard InChI is InChI=1S/C28H18Cl2F5N3O7/c1-45-13-6-8(39)2-3-10(13)15-9-4-5-11-14(23(41)38(22(11)40)26(36)44)12(9)7-27(29)24(42)37(25(43)28(15,27)30)21-19(34)17(32)16(31)18(33)20(21)35/h2-4,6,11-12,14-15,39H,5,7H2,1H3,(H2,36,44). The minimum absolute atomic E-state index is 0.0336. The average molecular weight is 674 g/mol. The molecule has 2 aliphatic carbocycles. The van der Waals surface area contributed by atoms with Gasteiger partial charge in [0.05, 0.1) is 18.9 Å². The summed E-state index contributed by atoms with van der Waals surface area (Å²) in [6, 6.07) is 2.10. The minimum Gasteiger partial charge on any atom is -0.508 e. The largest absolute Gasteiger partial charge is 0.508 e. The highest BCUT2D eigenvalue weighted by atomic mass is 35.5. The molecule has 6 rings (SSSR count). The normalized spacial score (nSPS) is 30.7. The molecule has 2 aromatic carbocycles. The number of benzene rings is 2. The number of phenols is 1. The van der Waals surface area contributed by atoms with Crippen molar-refractivity contribution < 1.29 is 55.8 Å². The van der Waals surface area contributed by atoms with Gasteiger partial charge in [-0.2, -0.15) is 4.90 Å². The number of nitrogens with two attached hydrogens (primary N) is 1. The second-order valence-corrected chi connectivity index (χ2v) is 12.2. The van der Waals surface area contributed by atoms with Crippen molar-refractivity contribution in [3.8, 4) is 11.5 Å². The van der Waals surface area contributed by atoms with Gasteiger partial charge in [-0.15, -0.1) is 23.2 Å². The lowest BCUT2D eigenvalue weighted by molar-refractivity contribution is -0.136. The number of ether oxygens (including phenoxy) is 1. The summed E-state index contributed by atoms with van der Waals surface area (Å²) in [5, 5.41) is 10.1. The number of imide groups is 4. The van der Waals surface area contributed by atoms with Gasteiger partial charge in [0.2, 0.25) is 17.6 Å². The highest BCUT2D eigenvalue weighted by Crippen LogP contribution is 2.66. The third-order valence-corrected chi connectivity index (χ3v) is 10.4. The highest BCUT2D eigenvalue weighted by molar-refractivity contribution is 6.58. The number of methoxy groups -OCH3 is 1. The van der Waals surface area contributed by atoms with Crippen molar-refractivity contribution in [3.05, 3.63) is 64.5 Å². The third-order valence-electron chi connectivity index (χ3n) is 8.97. The van der Waals surface area contributed by atoms with Gasteiger partial charge < -0.3 is 15.6 Å². The van der Waals surface area contributed by atoms with Crippen LogP contribution in [0.15, 0.2) is 29.8 Å². The van der Waals surface area contributed by atoms with E-state index in [1.807, 2.05) is 0 Å². The Morgan fingerprint density at radius 3 is 2.13 bits per heavy atom. The summed E-state index contributed by atoms with van der Waals surface area (Å²) in [4.78, 5) is 61.1. The lowest BCUT2D eigenvalue weighted by Crippen LogP contribution is -2.60. The number of rotatable bonds is 3. The van der Waals surface area contributed by atoms with Gasteiger partial charge in [0.25, 0.3) is 11.8 Å². The van der Waals surface area contributed by atoms with Crippen LogP contribution in [0, 0.1) is 46.8 Å². The number of hydrogen-bond donors (Lipinski definition) is 2. The molecule has 0 spiro atoms. The number of fused-ring (bicyclic) bond motifs is 4. The first kappa shape index (κ1) is 30.8. The Hall–Kier alpha value is -4.24. The lowest BCUT2D eigenvalue weighted by atomic mass is 9.56. The molecule has 2 heterocycles. The van der Waals surface area contributed by atoms with Crippen LogP contribution >= 0.6 is 23.2 Å². The molecule has 45 heavy (non-hydrogen) atoms. The number of hydrogen-bond acceptors (Lipinski definition) is 7. The molecule has 3 fully saturated rings. The first-order chi connectivity index (χ1) is 21.0. The number of amides is 6. The van der Waals surface area contributed by atoms with Crippen LogP contribution in [-0.4, -0.2) is 56.5 Å². The van der Waals surface area contributed by atoms with E-state index in [1.165, 1.54) is 19.3 Å².